The summed E-state index contributed by atoms with van der Waals surface area (Å²) in [5.41, 5.74) is 8.33. The second kappa shape index (κ2) is 16.5. The van der Waals surface area contributed by atoms with Gasteiger partial charge in [0.1, 0.15) is 29.5 Å². The van der Waals surface area contributed by atoms with Crippen LogP contribution in [0.2, 0.25) is 5.02 Å². The van der Waals surface area contributed by atoms with E-state index in [4.69, 9.17) is 41.0 Å². The Bertz CT molecular complexity index is 1790. The van der Waals surface area contributed by atoms with Crippen molar-refractivity contribution in [1.82, 2.24) is 5.32 Å². The normalized spacial score (nSPS) is 15.6. The first kappa shape index (κ1) is 35.5. The Kier molecular flexibility index (Phi) is 12.0. The summed E-state index contributed by atoms with van der Waals surface area (Å²) in [4.78, 5) is 29.5. The third-order valence-corrected chi connectivity index (χ3v) is 8.37. The predicted molar refractivity (Wildman–Crippen MR) is 184 cm³/mol. The smallest absolute Gasteiger partial charge is 0.257 e. The molecule has 2 unspecified atom stereocenters. The fourth-order valence-corrected chi connectivity index (χ4v) is 5.86. The lowest BCUT2D eigenvalue weighted by Crippen LogP contribution is -2.41. The summed E-state index contributed by atoms with van der Waals surface area (Å²) < 4.78 is 43.8. The number of hydrogen-bond acceptors (Lipinski definition) is 8. The summed E-state index contributed by atoms with van der Waals surface area (Å²) >= 11 is 6.58. The molecule has 258 valence electrons. The number of ether oxygens (including phenoxy) is 5. The molecule has 2 atom stereocenters. The minimum absolute atomic E-state index is 0.0611. The van der Waals surface area contributed by atoms with E-state index in [1.54, 1.807) is 72.7 Å². The van der Waals surface area contributed by atoms with Crippen LogP contribution in [0.5, 0.6) is 23.0 Å². The molecule has 0 aliphatic carbocycles. The van der Waals surface area contributed by atoms with E-state index in [2.05, 4.69) is 5.32 Å². The van der Waals surface area contributed by atoms with Crippen molar-refractivity contribution in [3.63, 3.8) is 0 Å². The fraction of sp³-hybridized carbons (Fsp3) is 0.297. The molecule has 2 amide bonds. The highest BCUT2D eigenvalue weighted by atomic mass is 35.5. The average molecular weight is 692 g/mol. The molecule has 0 bridgehead atoms. The molecule has 4 aromatic carbocycles. The van der Waals surface area contributed by atoms with Crippen LogP contribution in [0.25, 0.3) is 0 Å². The minimum atomic E-state index is -1.27. The Balaban J connectivity index is 1.58. The van der Waals surface area contributed by atoms with Crippen molar-refractivity contribution in [1.29, 1.82) is 0 Å². The zero-order chi connectivity index (χ0) is 34.9. The van der Waals surface area contributed by atoms with Crippen LogP contribution in [0.15, 0.2) is 78.9 Å². The van der Waals surface area contributed by atoms with Crippen LogP contribution < -0.4 is 34.9 Å². The summed E-state index contributed by atoms with van der Waals surface area (Å²) in [7, 11) is 4.61. The number of rotatable bonds is 14. The summed E-state index contributed by atoms with van der Waals surface area (Å²) in [5, 5.41) is 3.14. The quantitative estimate of drug-likeness (QED) is 0.156. The van der Waals surface area contributed by atoms with Crippen molar-refractivity contribution in [2.75, 3.05) is 39.4 Å². The van der Waals surface area contributed by atoms with Gasteiger partial charge in [0, 0.05) is 39.9 Å². The Morgan fingerprint density at radius 1 is 0.939 bits per heavy atom. The number of hydrogen-bond donors (Lipinski definition) is 2. The number of carbonyl (C=O) groups is 2. The second-order valence-corrected chi connectivity index (χ2v) is 11.7. The van der Waals surface area contributed by atoms with Gasteiger partial charge in [-0.15, -0.1) is 0 Å². The molecule has 1 aliphatic heterocycles. The lowest BCUT2D eigenvalue weighted by molar-refractivity contribution is -0.138. The van der Waals surface area contributed by atoms with Gasteiger partial charge in [-0.05, 0) is 55.4 Å². The molecule has 0 spiro atoms. The van der Waals surface area contributed by atoms with Crippen LogP contribution in [0, 0.1) is 5.82 Å². The maximum atomic E-state index is 14.6. The largest absolute Gasteiger partial charge is 0.497 e. The number of methoxy groups -OCH3 is 3. The zero-order valence-corrected chi connectivity index (χ0v) is 28.3. The number of amides is 2. The highest BCUT2D eigenvalue weighted by Gasteiger charge is 2.39. The number of fused-ring (bicyclic) bond motifs is 1. The van der Waals surface area contributed by atoms with E-state index in [9.17, 15) is 14.0 Å². The van der Waals surface area contributed by atoms with Crippen molar-refractivity contribution in [3.05, 3.63) is 112 Å². The van der Waals surface area contributed by atoms with Crippen LogP contribution in [0.4, 0.5) is 10.1 Å². The van der Waals surface area contributed by atoms with Crippen LogP contribution in [0.3, 0.4) is 0 Å². The topological polar surface area (TPSA) is 122 Å². The number of anilines is 1. The molecule has 1 aliphatic rings. The molecule has 0 fully saturated rings. The summed E-state index contributed by atoms with van der Waals surface area (Å²) in [6.45, 7) is 0.833. The molecule has 0 aromatic heterocycles. The van der Waals surface area contributed by atoms with Crippen molar-refractivity contribution in [2.24, 2.45) is 5.73 Å². The van der Waals surface area contributed by atoms with Gasteiger partial charge in [0.25, 0.3) is 5.91 Å². The molecule has 12 heteroatoms. The summed E-state index contributed by atoms with van der Waals surface area (Å²) in [5.74, 6) is 0.538. The highest BCUT2D eigenvalue weighted by Crippen LogP contribution is 2.46. The van der Waals surface area contributed by atoms with E-state index in [-0.39, 0.29) is 19.5 Å². The summed E-state index contributed by atoms with van der Waals surface area (Å²) in [6, 6.07) is 22.0. The van der Waals surface area contributed by atoms with Crippen LogP contribution >= 0.6 is 11.6 Å². The molecule has 4 aromatic rings. The first-order valence-electron chi connectivity index (χ1n) is 15.7. The van der Waals surface area contributed by atoms with Crippen LogP contribution in [-0.2, 0) is 27.4 Å². The molecular formula is C37H39ClFN3O7. The van der Waals surface area contributed by atoms with Crippen molar-refractivity contribution in [3.8, 4) is 23.0 Å². The van der Waals surface area contributed by atoms with E-state index in [0.717, 1.165) is 0 Å². The molecule has 10 nitrogen and oxygen atoms in total. The van der Waals surface area contributed by atoms with Crippen molar-refractivity contribution < 1.29 is 37.7 Å². The van der Waals surface area contributed by atoms with Gasteiger partial charge >= 0.3 is 0 Å². The Hall–Kier alpha value is -4.84. The zero-order valence-electron chi connectivity index (χ0n) is 27.5. The monoisotopic (exact) mass is 691 g/mol. The first-order valence-corrected chi connectivity index (χ1v) is 16.1. The van der Waals surface area contributed by atoms with Gasteiger partial charge in [-0.2, -0.15) is 0 Å². The molecule has 49 heavy (non-hydrogen) atoms. The standard InChI is InChI=1S/C37H39ClFN3O7/c1-45-26-14-12-24(32(19-26)46-2)22-42-30-15-13-25(38)18-28(30)35(27-9-6-11-31(36(27)47-3)48-17-7-16-40)49-33(37(42)44)20-34(43)41-21-23-8-4-5-10-29(23)39/h4-6,8-15,18-19,33,35H,7,16-17,20-22,40H2,1-3H3,(H,41,43). The third-order valence-electron chi connectivity index (χ3n) is 8.13. The summed E-state index contributed by atoms with van der Waals surface area (Å²) in [6.07, 6.45) is -1.91. The predicted octanol–water partition coefficient (Wildman–Crippen LogP) is 5.96. The van der Waals surface area contributed by atoms with E-state index < -0.39 is 29.8 Å². The molecule has 3 N–H and O–H groups in total. The van der Waals surface area contributed by atoms with Gasteiger partial charge in [0.05, 0.1) is 46.6 Å². The van der Waals surface area contributed by atoms with Gasteiger partial charge in [-0.25, -0.2) is 4.39 Å². The van der Waals surface area contributed by atoms with E-state index in [1.165, 1.54) is 20.3 Å². The third kappa shape index (κ3) is 8.25. The number of nitrogens with one attached hydrogen (secondary N) is 1. The fourth-order valence-electron chi connectivity index (χ4n) is 5.67. The SMILES string of the molecule is COc1ccc(CN2C(=O)C(CC(=O)NCc3ccccc3F)OC(c3cccc(OCCCN)c3OC)c3cc(Cl)ccc32)c(OC)c1. The van der Waals surface area contributed by atoms with Gasteiger partial charge in [0.15, 0.2) is 11.5 Å². The van der Waals surface area contributed by atoms with Gasteiger partial charge < -0.3 is 39.6 Å². The van der Waals surface area contributed by atoms with Gasteiger partial charge in [-0.1, -0.05) is 41.9 Å². The van der Waals surface area contributed by atoms with Gasteiger partial charge in [0.2, 0.25) is 5.91 Å². The molecule has 0 saturated heterocycles. The second-order valence-electron chi connectivity index (χ2n) is 11.3. The molecule has 5 rings (SSSR count). The number of para-hydroxylation sites is 1. The molecule has 0 radical (unpaired) electrons. The Morgan fingerprint density at radius 3 is 2.49 bits per heavy atom. The lowest BCUT2D eigenvalue weighted by Gasteiger charge is -2.26. The minimum Gasteiger partial charge on any atom is -0.497 e. The lowest BCUT2D eigenvalue weighted by atomic mass is 9.97. The van der Waals surface area contributed by atoms with E-state index in [0.29, 0.717) is 75.5 Å². The maximum absolute atomic E-state index is 14.6. The van der Waals surface area contributed by atoms with Gasteiger partial charge in [-0.3, -0.25) is 9.59 Å². The Morgan fingerprint density at radius 2 is 1.76 bits per heavy atom. The number of benzene rings is 4. The molecular weight excluding hydrogens is 653 g/mol. The van der Waals surface area contributed by atoms with Crippen LogP contribution in [0.1, 0.15) is 41.2 Å². The number of carbonyl (C=O) groups excluding carboxylic acids is 2. The average Bonchev–Trinajstić information content (AvgIpc) is 3.21. The number of nitrogens with two attached hydrogens (primary N) is 1. The van der Waals surface area contributed by atoms with E-state index in [1.807, 2.05) is 12.1 Å². The number of halogens is 2. The molecule has 0 saturated carbocycles. The first-order chi connectivity index (χ1) is 23.8. The van der Waals surface area contributed by atoms with E-state index >= 15 is 0 Å². The highest BCUT2D eigenvalue weighted by molar-refractivity contribution is 6.30. The van der Waals surface area contributed by atoms with Crippen LogP contribution in [-0.4, -0.2) is 52.4 Å². The number of nitrogens with zero attached hydrogens (tertiary/aromatic N) is 1. The Labute approximate surface area is 289 Å². The van der Waals surface area contributed by atoms with Crippen molar-refractivity contribution >= 4 is 29.1 Å². The van der Waals surface area contributed by atoms with Crippen molar-refractivity contribution in [2.45, 2.75) is 38.1 Å². The molecule has 1 heterocycles. The maximum Gasteiger partial charge on any atom is 0.257 e.